The summed E-state index contributed by atoms with van der Waals surface area (Å²) >= 11 is 0. The van der Waals surface area contributed by atoms with Crippen molar-refractivity contribution in [1.29, 1.82) is 0 Å². The molecule has 0 unspecified atom stereocenters. The number of amides is 1. The molecule has 0 atom stereocenters. The van der Waals surface area contributed by atoms with Gasteiger partial charge in [0.05, 0.1) is 7.11 Å². The summed E-state index contributed by atoms with van der Waals surface area (Å²) in [4.78, 5) is 30.6. The van der Waals surface area contributed by atoms with Crippen LogP contribution in [0.25, 0.3) is 0 Å². The standard InChI is InChI=1S/C28H31N9O2/c1-39-27-22(3-2-11-29-27)26(38)31-21-8-4-19(5-9-21)18-36-13-15-37(16-14-36)28-30-12-10-24(33-28)32-25-17-23(34-35-25)20-6-7-20/h2-5,8-12,17,20H,6-7,13-16,18H2,1H3,(H,31,38)(H2,30,32,33,34,35). The van der Waals surface area contributed by atoms with E-state index in [4.69, 9.17) is 9.72 Å². The van der Waals surface area contributed by atoms with E-state index in [1.54, 1.807) is 24.5 Å². The van der Waals surface area contributed by atoms with Gasteiger partial charge < -0.3 is 20.3 Å². The number of carbonyl (C=O) groups is 1. The third-order valence-electron chi connectivity index (χ3n) is 7.00. The third-order valence-corrected chi connectivity index (χ3v) is 7.00. The molecular formula is C28H31N9O2. The van der Waals surface area contributed by atoms with E-state index in [-0.39, 0.29) is 5.91 Å². The van der Waals surface area contributed by atoms with Crippen LogP contribution in [0.3, 0.4) is 0 Å². The number of aromatic amines is 1. The second kappa shape index (κ2) is 11.1. The van der Waals surface area contributed by atoms with Crippen LogP contribution in [-0.4, -0.2) is 69.2 Å². The summed E-state index contributed by atoms with van der Waals surface area (Å²) in [6.45, 7) is 4.34. The van der Waals surface area contributed by atoms with Gasteiger partial charge in [-0.15, -0.1) is 0 Å². The molecule has 6 rings (SSSR count). The Hall–Kier alpha value is -4.51. The molecule has 0 spiro atoms. The van der Waals surface area contributed by atoms with Gasteiger partial charge in [0.2, 0.25) is 11.8 Å². The van der Waals surface area contributed by atoms with E-state index in [1.165, 1.54) is 31.2 Å². The first-order chi connectivity index (χ1) is 19.1. The summed E-state index contributed by atoms with van der Waals surface area (Å²) in [5, 5.41) is 13.7. The third kappa shape index (κ3) is 5.99. The van der Waals surface area contributed by atoms with Gasteiger partial charge in [-0.25, -0.2) is 9.97 Å². The van der Waals surface area contributed by atoms with Gasteiger partial charge in [-0.3, -0.25) is 14.8 Å². The van der Waals surface area contributed by atoms with Crippen molar-refractivity contribution >= 4 is 29.2 Å². The number of aromatic nitrogens is 5. The minimum Gasteiger partial charge on any atom is -0.480 e. The second-order valence-electron chi connectivity index (χ2n) is 9.82. The number of benzene rings is 1. The molecule has 0 bridgehead atoms. The first kappa shape index (κ1) is 24.8. The minimum atomic E-state index is -0.252. The minimum absolute atomic E-state index is 0.252. The van der Waals surface area contributed by atoms with E-state index in [1.807, 2.05) is 30.3 Å². The fourth-order valence-corrected chi connectivity index (χ4v) is 4.69. The summed E-state index contributed by atoms with van der Waals surface area (Å²) in [6, 6.07) is 15.3. The lowest BCUT2D eigenvalue weighted by Gasteiger charge is -2.34. The predicted molar refractivity (Wildman–Crippen MR) is 149 cm³/mol. The van der Waals surface area contributed by atoms with E-state index in [2.05, 4.69) is 46.7 Å². The summed E-state index contributed by atoms with van der Waals surface area (Å²) in [7, 11) is 1.50. The van der Waals surface area contributed by atoms with Crippen LogP contribution in [-0.2, 0) is 6.54 Å². The molecule has 200 valence electrons. The van der Waals surface area contributed by atoms with E-state index in [0.29, 0.717) is 17.4 Å². The zero-order valence-corrected chi connectivity index (χ0v) is 21.8. The monoisotopic (exact) mass is 525 g/mol. The Morgan fingerprint density at radius 3 is 2.62 bits per heavy atom. The molecule has 1 saturated heterocycles. The largest absolute Gasteiger partial charge is 0.480 e. The molecule has 0 radical (unpaired) electrons. The zero-order valence-electron chi connectivity index (χ0n) is 21.8. The second-order valence-corrected chi connectivity index (χ2v) is 9.82. The number of piperazine rings is 1. The normalized spacial score (nSPS) is 15.7. The van der Waals surface area contributed by atoms with Gasteiger partial charge in [0.1, 0.15) is 11.4 Å². The van der Waals surface area contributed by atoms with Crippen molar-refractivity contribution in [3.63, 3.8) is 0 Å². The van der Waals surface area contributed by atoms with E-state index < -0.39 is 0 Å². The lowest BCUT2D eigenvalue weighted by Crippen LogP contribution is -2.46. The molecule has 1 aromatic carbocycles. The maximum absolute atomic E-state index is 12.6. The van der Waals surface area contributed by atoms with Gasteiger partial charge in [-0.2, -0.15) is 10.1 Å². The molecule has 39 heavy (non-hydrogen) atoms. The van der Waals surface area contributed by atoms with E-state index >= 15 is 0 Å². The number of anilines is 4. The highest BCUT2D eigenvalue weighted by Crippen LogP contribution is 2.39. The van der Waals surface area contributed by atoms with Gasteiger partial charge in [-0.1, -0.05) is 12.1 Å². The fourth-order valence-electron chi connectivity index (χ4n) is 4.69. The van der Waals surface area contributed by atoms with Crippen molar-refractivity contribution in [2.45, 2.75) is 25.3 Å². The van der Waals surface area contributed by atoms with Gasteiger partial charge in [0.15, 0.2) is 5.82 Å². The Labute approximate surface area is 226 Å². The summed E-state index contributed by atoms with van der Waals surface area (Å²) in [6.07, 6.45) is 5.85. The average molecular weight is 526 g/mol. The summed E-state index contributed by atoms with van der Waals surface area (Å²) < 4.78 is 5.19. The molecule has 1 aliphatic carbocycles. The van der Waals surface area contributed by atoms with Crippen molar-refractivity contribution in [2.24, 2.45) is 0 Å². The highest BCUT2D eigenvalue weighted by molar-refractivity contribution is 6.05. The molecule has 1 aliphatic heterocycles. The number of hydrogen-bond donors (Lipinski definition) is 3. The molecule has 11 heteroatoms. The Morgan fingerprint density at radius 2 is 1.85 bits per heavy atom. The van der Waals surface area contributed by atoms with Crippen LogP contribution >= 0.6 is 0 Å². The topological polar surface area (TPSA) is 124 Å². The van der Waals surface area contributed by atoms with Crippen molar-refractivity contribution in [1.82, 2.24) is 30.0 Å². The van der Waals surface area contributed by atoms with E-state index in [0.717, 1.165) is 56.0 Å². The van der Waals surface area contributed by atoms with Gasteiger partial charge in [-0.05, 0) is 48.7 Å². The number of rotatable bonds is 9. The Kier molecular flexibility index (Phi) is 7.05. The molecule has 11 nitrogen and oxygen atoms in total. The van der Waals surface area contributed by atoms with Gasteiger partial charge >= 0.3 is 0 Å². The first-order valence-electron chi connectivity index (χ1n) is 13.2. The Balaban J connectivity index is 0.998. The predicted octanol–water partition coefficient (Wildman–Crippen LogP) is 3.80. The molecule has 1 saturated carbocycles. The summed E-state index contributed by atoms with van der Waals surface area (Å²) in [5.41, 5.74) is 3.50. The molecule has 1 amide bonds. The van der Waals surface area contributed by atoms with Crippen LogP contribution in [0, 0.1) is 0 Å². The molecule has 3 aromatic heterocycles. The van der Waals surface area contributed by atoms with Crippen molar-refractivity contribution in [3.05, 3.63) is 77.7 Å². The highest BCUT2D eigenvalue weighted by Gasteiger charge is 2.25. The van der Waals surface area contributed by atoms with Crippen LogP contribution < -0.4 is 20.3 Å². The maximum Gasteiger partial charge on any atom is 0.261 e. The van der Waals surface area contributed by atoms with Crippen LogP contribution in [0.1, 0.15) is 40.4 Å². The Morgan fingerprint density at radius 1 is 1.03 bits per heavy atom. The quantitative estimate of drug-likeness (QED) is 0.299. The lowest BCUT2D eigenvalue weighted by molar-refractivity contribution is 0.102. The molecular weight excluding hydrogens is 494 g/mol. The lowest BCUT2D eigenvalue weighted by atomic mass is 10.1. The van der Waals surface area contributed by atoms with Crippen molar-refractivity contribution in [2.75, 3.05) is 48.8 Å². The van der Waals surface area contributed by atoms with Crippen molar-refractivity contribution < 1.29 is 9.53 Å². The van der Waals surface area contributed by atoms with E-state index in [9.17, 15) is 4.79 Å². The summed E-state index contributed by atoms with van der Waals surface area (Å²) in [5.74, 6) is 2.94. The van der Waals surface area contributed by atoms with Gasteiger partial charge in [0, 0.05) is 68.5 Å². The highest BCUT2D eigenvalue weighted by atomic mass is 16.5. The zero-order chi connectivity index (χ0) is 26.6. The first-order valence-corrected chi connectivity index (χ1v) is 13.2. The maximum atomic E-state index is 12.6. The Bertz CT molecular complexity index is 1430. The van der Waals surface area contributed by atoms with Crippen LogP contribution in [0.5, 0.6) is 5.88 Å². The SMILES string of the molecule is COc1ncccc1C(=O)Nc1ccc(CN2CCN(c3nccc(Nc4cc(C5CC5)[nH]n4)n3)CC2)cc1. The number of nitrogens with zero attached hydrogens (tertiary/aromatic N) is 6. The number of carbonyl (C=O) groups excluding carboxylic acids is 1. The van der Waals surface area contributed by atoms with Crippen LogP contribution in [0.4, 0.5) is 23.3 Å². The smallest absolute Gasteiger partial charge is 0.261 e. The number of H-pyrrole nitrogens is 1. The molecule has 2 fully saturated rings. The number of nitrogens with one attached hydrogen (secondary N) is 3. The molecule has 4 heterocycles. The number of ether oxygens (including phenoxy) is 1. The number of hydrogen-bond acceptors (Lipinski definition) is 9. The fraction of sp³-hybridized carbons (Fsp3) is 0.321. The molecule has 3 N–H and O–H groups in total. The number of pyridine rings is 1. The number of methoxy groups -OCH3 is 1. The van der Waals surface area contributed by atoms with Crippen molar-refractivity contribution in [3.8, 4) is 5.88 Å². The molecule has 2 aliphatic rings. The van der Waals surface area contributed by atoms with Crippen LogP contribution in [0.2, 0.25) is 0 Å². The van der Waals surface area contributed by atoms with Crippen LogP contribution in [0.15, 0.2) is 60.9 Å². The van der Waals surface area contributed by atoms with Gasteiger partial charge in [0.25, 0.3) is 5.91 Å². The average Bonchev–Trinajstić information content (AvgIpc) is 3.73. The molecule has 4 aromatic rings.